The van der Waals surface area contributed by atoms with Crippen molar-refractivity contribution in [1.82, 2.24) is 0 Å². The summed E-state index contributed by atoms with van der Waals surface area (Å²) < 4.78 is 0. The first-order valence-electron chi connectivity index (χ1n) is 6.03. The maximum absolute atomic E-state index is 11.1. The minimum atomic E-state index is 0.162. The van der Waals surface area contributed by atoms with Gasteiger partial charge in [0.15, 0.2) is 12.6 Å². The Morgan fingerprint density at radius 2 is 1.32 bits per heavy atom. The van der Waals surface area contributed by atoms with Gasteiger partial charge in [-0.15, -0.1) is 0 Å². The van der Waals surface area contributed by atoms with E-state index in [0.29, 0.717) is 18.1 Å². The molecule has 0 unspecified atom stereocenters. The Labute approximate surface area is 112 Å². The molecule has 0 heterocycles. The number of benzene rings is 2. The molecule has 0 radical (unpaired) electrons. The van der Waals surface area contributed by atoms with Crippen LogP contribution >= 0.6 is 0 Å². The van der Waals surface area contributed by atoms with Gasteiger partial charge in [-0.1, -0.05) is 60.2 Å². The third kappa shape index (κ3) is 2.86. The smallest absolute Gasteiger partial charge is 0.153 e. The maximum Gasteiger partial charge on any atom is 0.153 e. The summed E-state index contributed by atoms with van der Waals surface area (Å²) in [5.74, 6) is 0. The Morgan fingerprint density at radius 1 is 0.789 bits per heavy atom. The highest BCUT2D eigenvalue weighted by molar-refractivity contribution is 6.11. The molecule has 0 aliphatic carbocycles. The Morgan fingerprint density at radius 3 is 1.84 bits per heavy atom. The number of allylic oxidation sites excluding steroid dienone is 1. The van der Waals surface area contributed by atoms with E-state index in [0.717, 1.165) is 16.7 Å². The predicted octanol–water partition coefficient (Wildman–Crippen LogP) is 3.19. The van der Waals surface area contributed by atoms with Crippen molar-refractivity contribution in [1.29, 1.82) is 0 Å². The van der Waals surface area contributed by atoms with Crippen molar-refractivity contribution in [2.75, 3.05) is 0 Å². The largest absolute Gasteiger partial charge is 0.298 e. The third-order valence-corrected chi connectivity index (χ3v) is 2.95. The molecule has 0 aromatic heterocycles. The van der Waals surface area contributed by atoms with Crippen molar-refractivity contribution < 1.29 is 9.59 Å². The number of aryl methyl sites for hydroxylation is 1. The molecule has 2 aromatic rings. The van der Waals surface area contributed by atoms with Gasteiger partial charge in [0.2, 0.25) is 0 Å². The Hall–Kier alpha value is -2.48. The molecule has 2 nitrogen and oxygen atoms in total. The maximum atomic E-state index is 11.1. The van der Waals surface area contributed by atoms with Gasteiger partial charge in [0.05, 0.1) is 5.57 Å². The Kier molecular flexibility index (Phi) is 4.04. The number of hydrogen-bond donors (Lipinski definition) is 0. The summed E-state index contributed by atoms with van der Waals surface area (Å²) in [5.41, 5.74) is 3.70. The van der Waals surface area contributed by atoms with Crippen molar-refractivity contribution in [2.45, 2.75) is 6.92 Å². The molecule has 2 aromatic carbocycles. The number of carbonyl (C=O) groups excluding carboxylic acids is 2. The molecular formula is C17H14O2. The average Bonchev–Trinajstić information content (AvgIpc) is 2.47. The van der Waals surface area contributed by atoms with E-state index in [1.165, 1.54) is 0 Å². The van der Waals surface area contributed by atoms with E-state index in [4.69, 9.17) is 0 Å². The molecule has 0 amide bonds. The first kappa shape index (κ1) is 13.0. The molecule has 2 heteroatoms. The topological polar surface area (TPSA) is 34.1 Å². The van der Waals surface area contributed by atoms with Crippen LogP contribution in [0.5, 0.6) is 0 Å². The Bertz CT molecular complexity index is 597. The summed E-state index contributed by atoms with van der Waals surface area (Å²) in [5, 5.41) is 0. The van der Waals surface area contributed by atoms with E-state index < -0.39 is 0 Å². The normalized spacial score (nSPS) is 9.74. The van der Waals surface area contributed by atoms with Gasteiger partial charge in [0, 0.05) is 5.57 Å². The summed E-state index contributed by atoms with van der Waals surface area (Å²) in [6.45, 7) is 2.00. The molecule has 94 valence electrons. The van der Waals surface area contributed by atoms with Gasteiger partial charge in [-0.25, -0.2) is 0 Å². The fourth-order valence-corrected chi connectivity index (χ4v) is 1.97. The molecule has 0 saturated carbocycles. The average molecular weight is 250 g/mol. The minimum Gasteiger partial charge on any atom is -0.298 e. The fourth-order valence-electron chi connectivity index (χ4n) is 1.97. The quantitative estimate of drug-likeness (QED) is 0.361. The lowest BCUT2D eigenvalue weighted by atomic mass is 9.93. The summed E-state index contributed by atoms with van der Waals surface area (Å²) in [6, 6.07) is 17.2. The van der Waals surface area contributed by atoms with Crippen molar-refractivity contribution in [3.8, 4) is 0 Å². The van der Waals surface area contributed by atoms with Gasteiger partial charge in [0.1, 0.15) is 0 Å². The summed E-state index contributed by atoms with van der Waals surface area (Å²) in [7, 11) is 0. The van der Waals surface area contributed by atoms with Gasteiger partial charge in [-0.3, -0.25) is 9.59 Å². The van der Waals surface area contributed by atoms with Crippen molar-refractivity contribution in [3.05, 3.63) is 76.9 Å². The molecular weight excluding hydrogens is 236 g/mol. The highest BCUT2D eigenvalue weighted by Crippen LogP contribution is 2.25. The van der Waals surface area contributed by atoms with Crippen LogP contribution in [0.1, 0.15) is 16.7 Å². The first-order chi connectivity index (χ1) is 9.26. The van der Waals surface area contributed by atoms with E-state index in [-0.39, 0.29) is 5.57 Å². The molecule has 0 spiro atoms. The molecule has 0 fully saturated rings. The first-order valence-corrected chi connectivity index (χ1v) is 6.03. The van der Waals surface area contributed by atoms with Gasteiger partial charge in [-0.05, 0) is 18.1 Å². The zero-order valence-corrected chi connectivity index (χ0v) is 10.7. The highest BCUT2D eigenvalue weighted by atomic mass is 16.1. The second-order valence-electron chi connectivity index (χ2n) is 4.30. The molecule has 0 atom stereocenters. The zero-order valence-electron chi connectivity index (χ0n) is 10.7. The lowest BCUT2D eigenvalue weighted by molar-refractivity contribution is -0.109. The second-order valence-corrected chi connectivity index (χ2v) is 4.30. The summed E-state index contributed by atoms with van der Waals surface area (Å²) in [4.78, 5) is 22.2. The van der Waals surface area contributed by atoms with Gasteiger partial charge >= 0.3 is 0 Å². The SMILES string of the molecule is Cc1ccc(C(=C(C=O)C=O)c2ccccc2)cc1. The van der Waals surface area contributed by atoms with E-state index in [1.54, 1.807) is 0 Å². The van der Waals surface area contributed by atoms with Crippen LogP contribution in [0, 0.1) is 6.92 Å². The van der Waals surface area contributed by atoms with Gasteiger partial charge < -0.3 is 0 Å². The minimum absolute atomic E-state index is 0.162. The molecule has 0 N–H and O–H groups in total. The number of rotatable bonds is 4. The van der Waals surface area contributed by atoms with Gasteiger partial charge in [0.25, 0.3) is 0 Å². The molecule has 0 aliphatic heterocycles. The van der Waals surface area contributed by atoms with E-state index >= 15 is 0 Å². The zero-order chi connectivity index (χ0) is 13.7. The molecule has 0 aliphatic rings. The molecule has 0 saturated heterocycles. The monoisotopic (exact) mass is 250 g/mol. The van der Waals surface area contributed by atoms with E-state index in [1.807, 2.05) is 61.5 Å². The second kappa shape index (κ2) is 5.91. The third-order valence-electron chi connectivity index (χ3n) is 2.95. The number of carbonyl (C=O) groups is 2. The van der Waals surface area contributed by atoms with Crippen molar-refractivity contribution >= 4 is 18.1 Å². The molecule has 2 rings (SSSR count). The van der Waals surface area contributed by atoms with Crippen LogP contribution in [0.4, 0.5) is 0 Å². The van der Waals surface area contributed by atoms with Crippen LogP contribution in [-0.4, -0.2) is 12.6 Å². The molecule has 0 bridgehead atoms. The van der Waals surface area contributed by atoms with Crippen LogP contribution in [0.15, 0.2) is 60.2 Å². The van der Waals surface area contributed by atoms with Gasteiger partial charge in [-0.2, -0.15) is 0 Å². The Balaban J connectivity index is 2.65. The van der Waals surface area contributed by atoms with Crippen molar-refractivity contribution in [3.63, 3.8) is 0 Å². The standard InChI is InChI=1S/C17H14O2/c1-13-7-9-15(10-8-13)17(16(11-18)12-19)14-5-3-2-4-6-14/h2-12H,1H3. The van der Waals surface area contributed by atoms with Crippen LogP contribution in [0.2, 0.25) is 0 Å². The number of hydrogen-bond acceptors (Lipinski definition) is 2. The summed E-state index contributed by atoms with van der Waals surface area (Å²) in [6.07, 6.45) is 1.21. The van der Waals surface area contributed by atoms with E-state index in [9.17, 15) is 9.59 Å². The lowest BCUT2D eigenvalue weighted by Gasteiger charge is -2.10. The predicted molar refractivity (Wildman–Crippen MR) is 75.8 cm³/mol. The molecule has 19 heavy (non-hydrogen) atoms. The summed E-state index contributed by atoms with van der Waals surface area (Å²) >= 11 is 0. The lowest BCUT2D eigenvalue weighted by Crippen LogP contribution is -1.97. The van der Waals surface area contributed by atoms with Crippen LogP contribution in [0.25, 0.3) is 5.57 Å². The number of aldehydes is 2. The van der Waals surface area contributed by atoms with Crippen LogP contribution < -0.4 is 0 Å². The van der Waals surface area contributed by atoms with E-state index in [2.05, 4.69) is 0 Å². The fraction of sp³-hybridized carbons (Fsp3) is 0.0588. The van der Waals surface area contributed by atoms with Crippen molar-refractivity contribution in [2.24, 2.45) is 0 Å². The highest BCUT2D eigenvalue weighted by Gasteiger charge is 2.10. The van der Waals surface area contributed by atoms with Crippen LogP contribution in [-0.2, 0) is 9.59 Å². The van der Waals surface area contributed by atoms with Crippen LogP contribution in [0.3, 0.4) is 0 Å².